The number of halogens is 2. The normalized spacial score (nSPS) is 11.1. The summed E-state index contributed by atoms with van der Waals surface area (Å²) in [5, 5.41) is 0.808. The Hall–Kier alpha value is -2.64. The van der Waals surface area contributed by atoms with Gasteiger partial charge in [0.2, 0.25) is 5.95 Å². The Morgan fingerprint density at radius 3 is 2.47 bits per heavy atom. The molecule has 0 aliphatic rings. The van der Waals surface area contributed by atoms with Crippen LogP contribution in [0, 0.1) is 5.82 Å². The van der Waals surface area contributed by atoms with Crippen molar-refractivity contribution in [1.29, 1.82) is 0 Å². The lowest BCUT2D eigenvalue weighted by Gasteiger charge is -2.18. The Morgan fingerprint density at radius 2 is 1.80 bits per heavy atom. The van der Waals surface area contributed by atoms with Gasteiger partial charge in [0.1, 0.15) is 5.82 Å². The number of fused-ring (bicyclic) bond motifs is 1. The lowest BCUT2D eigenvalue weighted by molar-refractivity contribution is 0.243. The van der Waals surface area contributed by atoms with E-state index in [0.717, 1.165) is 31.4 Å². The maximum Gasteiger partial charge on any atom is 0.245 e. The highest BCUT2D eigenvalue weighted by molar-refractivity contribution is 6.28. The predicted molar refractivity (Wildman–Crippen MR) is 118 cm³/mol. The molecule has 1 aromatic heterocycles. The number of ether oxygens (including phenoxy) is 2. The van der Waals surface area contributed by atoms with Gasteiger partial charge in [0.05, 0.1) is 24.9 Å². The van der Waals surface area contributed by atoms with Crippen molar-refractivity contribution < 1.29 is 13.9 Å². The minimum atomic E-state index is -0.336. The number of benzene rings is 2. The Balaban J connectivity index is 1.76. The summed E-state index contributed by atoms with van der Waals surface area (Å²) in [4.78, 5) is 11.2. The van der Waals surface area contributed by atoms with Gasteiger partial charge in [-0.05, 0) is 49.8 Å². The lowest BCUT2D eigenvalue weighted by Crippen LogP contribution is -2.25. The molecule has 0 saturated carbocycles. The summed E-state index contributed by atoms with van der Waals surface area (Å²) >= 11 is 6.35. The maximum atomic E-state index is 13.1. The third-order valence-electron chi connectivity index (χ3n) is 4.85. The molecular formula is C22H26ClFN4O2. The molecule has 0 N–H and O–H groups in total. The molecule has 0 aliphatic heterocycles. The quantitative estimate of drug-likeness (QED) is 0.325. The van der Waals surface area contributed by atoms with E-state index in [2.05, 4.69) is 28.7 Å². The summed E-state index contributed by atoms with van der Waals surface area (Å²) < 4.78 is 25.9. The van der Waals surface area contributed by atoms with Gasteiger partial charge in [0, 0.05) is 36.0 Å². The van der Waals surface area contributed by atoms with Gasteiger partial charge in [0.15, 0.2) is 11.5 Å². The Labute approximate surface area is 181 Å². The molecule has 8 heteroatoms. The topological polar surface area (TPSA) is 50.7 Å². The van der Waals surface area contributed by atoms with E-state index in [1.54, 1.807) is 31.5 Å². The standard InChI is InChI=1S/C22H26ClFN4O2/c1-4-27(5-2)11-6-12-30-21-13-16-15-25-22(26-19(16)14-20(21)29-3)28(23)18-9-7-17(24)8-10-18/h7-10,13-15H,4-6,11-12H2,1-3H3. The monoisotopic (exact) mass is 432 g/mol. The average molecular weight is 433 g/mol. The second-order valence-corrected chi connectivity index (χ2v) is 7.06. The second-order valence-electron chi connectivity index (χ2n) is 6.72. The minimum Gasteiger partial charge on any atom is -0.493 e. The summed E-state index contributed by atoms with van der Waals surface area (Å²) in [5.41, 5.74) is 1.23. The van der Waals surface area contributed by atoms with Crippen molar-refractivity contribution in [2.24, 2.45) is 0 Å². The minimum absolute atomic E-state index is 0.283. The fraction of sp³-hybridized carbons (Fsp3) is 0.364. The van der Waals surface area contributed by atoms with E-state index in [9.17, 15) is 4.39 Å². The first-order valence-corrected chi connectivity index (χ1v) is 10.3. The number of methoxy groups -OCH3 is 1. The van der Waals surface area contributed by atoms with Crippen molar-refractivity contribution in [3.63, 3.8) is 0 Å². The molecule has 0 aliphatic carbocycles. The predicted octanol–water partition coefficient (Wildman–Crippen LogP) is 5.18. The van der Waals surface area contributed by atoms with Crippen LogP contribution in [0.15, 0.2) is 42.6 Å². The zero-order chi connectivity index (χ0) is 21.5. The Morgan fingerprint density at radius 1 is 1.07 bits per heavy atom. The van der Waals surface area contributed by atoms with Crippen molar-refractivity contribution in [3.8, 4) is 11.5 Å². The molecular weight excluding hydrogens is 407 g/mol. The van der Waals surface area contributed by atoms with Crippen LogP contribution in [0.25, 0.3) is 10.9 Å². The zero-order valence-electron chi connectivity index (χ0n) is 17.4. The van der Waals surface area contributed by atoms with Crippen molar-refractivity contribution in [1.82, 2.24) is 14.9 Å². The first-order valence-electron chi connectivity index (χ1n) is 9.97. The fourth-order valence-corrected chi connectivity index (χ4v) is 3.29. The number of aromatic nitrogens is 2. The summed E-state index contributed by atoms with van der Waals surface area (Å²) in [6.45, 7) is 7.96. The Bertz CT molecular complexity index is 967. The van der Waals surface area contributed by atoms with E-state index < -0.39 is 0 Å². The zero-order valence-corrected chi connectivity index (χ0v) is 18.2. The van der Waals surface area contributed by atoms with Crippen LogP contribution in [0.4, 0.5) is 16.0 Å². The molecule has 0 bridgehead atoms. The largest absolute Gasteiger partial charge is 0.493 e. The third kappa shape index (κ3) is 5.29. The molecule has 0 atom stereocenters. The van der Waals surface area contributed by atoms with Gasteiger partial charge in [0.25, 0.3) is 0 Å². The molecule has 0 unspecified atom stereocenters. The highest BCUT2D eigenvalue weighted by Crippen LogP contribution is 2.33. The third-order valence-corrected chi connectivity index (χ3v) is 5.20. The molecule has 30 heavy (non-hydrogen) atoms. The molecule has 0 spiro atoms. The number of hydrogen-bond donors (Lipinski definition) is 0. The number of rotatable bonds is 10. The Kier molecular flexibility index (Phi) is 7.65. The van der Waals surface area contributed by atoms with E-state index in [1.807, 2.05) is 6.07 Å². The fourth-order valence-electron chi connectivity index (χ4n) is 3.09. The van der Waals surface area contributed by atoms with Crippen LogP contribution in [0.2, 0.25) is 0 Å². The number of hydrogen-bond acceptors (Lipinski definition) is 6. The molecule has 0 saturated heterocycles. The lowest BCUT2D eigenvalue weighted by atomic mass is 10.2. The smallest absolute Gasteiger partial charge is 0.245 e. The van der Waals surface area contributed by atoms with E-state index in [1.165, 1.54) is 16.6 Å². The van der Waals surface area contributed by atoms with Gasteiger partial charge < -0.3 is 14.4 Å². The van der Waals surface area contributed by atoms with Gasteiger partial charge >= 0.3 is 0 Å². The van der Waals surface area contributed by atoms with Crippen molar-refractivity contribution >= 4 is 34.3 Å². The summed E-state index contributed by atoms with van der Waals surface area (Å²) in [5.74, 6) is 1.20. The van der Waals surface area contributed by atoms with Crippen LogP contribution in [0.3, 0.4) is 0 Å². The van der Waals surface area contributed by atoms with Gasteiger partial charge in [-0.15, -0.1) is 0 Å². The molecule has 160 valence electrons. The molecule has 0 radical (unpaired) electrons. The molecule has 1 heterocycles. The molecule has 6 nitrogen and oxygen atoms in total. The van der Waals surface area contributed by atoms with Crippen LogP contribution in [0.5, 0.6) is 11.5 Å². The highest BCUT2D eigenvalue weighted by Gasteiger charge is 2.14. The van der Waals surface area contributed by atoms with Crippen molar-refractivity contribution in [3.05, 3.63) is 48.4 Å². The van der Waals surface area contributed by atoms with Crippen molar-refractivity contribution in [2.75, 3.05) is 37.8 Å². The molecule has 0 amide bonds. The SMILES string of the molecule is CCN(CC)CCCOc1cc2cnc(N(Cl)c3ccc(F)cc3)nc2cc1OC. The van der Waals surface area contributed by atoms with Crippen LogP contribution in [-0.4, -0.2) is 48.2 Å². The maximum absolute atomic E-state index is 13.1. The van der Waals surface area contributed by atoms with Crippen molar-refractivity contribution in [2.45, 2.75) is 20.3 Å². The molecule has 3 rings (SSSR count). The van der Waals surface area contributed by atoms with Crippen LogP contribution in [0.1, 0.15) is 20.3 Å². The number of anilines is 2. The summed E-state index contributed by atoms with van der Waals surface area (Å²) in [6, 6.07) is 9.45. The van der Waals surface area contributed by atoms with E-state index in [-0.39, 0.29) is 11.8 Å². The molecule has 2 aromatic carbocycles. The van der Waals surface area contributed by atoms with E-state index in [0.29, 0.717) is 29.3 Å². The first-order chi connectivity index (χ1) is 14.5. The average Bonchev–Trinajstić information content (AvgIpc) is 2.78. The van der Waals surface area contributed by atoms with Gasteiger partial charge in [-0.1, -0.05) is 13.8 Å². The second kappa shape index (κ2) is 10.4. The van der Waals surface area contributed by atoms with Gasteiger partial charge in [-0.2, -0.15) is 0 Å². The van der Waals surface area contributed by atoms with Crippen LogP contribution < -0.4 is 13.9 Å². The molecule has 3 aromatic rings. The van der Waals surface area contributed by atoms with E-state index in [4.69, 9.17) is 21.3 Å². The highest BCUT2D eigenvalue weighted by atomic mass is 35.5. The summed E-state index contributed by atoms with van der Waals surface area (Å²) in [7, 11) is 1.60. The van der Waals surface area contributed by atoms with Crippen LogP contribution in [-0.2, 0) is 0 Å². The number of nitrogens with zero attached hydrogens (tertiary/aromatic N) is 4. The summed E-state index contributed by atoms with van der Waals surface area (Å²) in [6.07, 6.45) is 2.61. The van der Waals surface area contributed by atoms with E-state index >= 15 is 0 Å². The van der Waals surface area contributed by atoms with Gasteiger partial charge in [-0.3, -0.25) is 0 Å². The first kappa shape index (κ1) is 22.1. The van der Waals surface area contributed by atoms with Crippen LogP contribution >= 0.6 is 11.8 Å². The molecule has 0 fully saturated rings. The van der Waals surface area contributed by atoms with Gasteiger partial charge in [-0.25, -0.2) is 18.8 Å².